The molecule has 0 unspecified atom stereocenters. The van der Waals surface area contributed by atoms with Crippen molar-refractivity contribution in [3.63, 3.8) is 0 Å². The molecule has 0 bridgehead atoms. The minimum atomic E-state index is -0.125. The van der Waals surface area contributed by atoms with Gasteiger partial charge in [-0.25, -0.2) is 0 Å². The SMILES string of the molecule is C=CC.C=CC.C=CSC=C.OCCO. The molecule has 0 radical (unpaired) electrons. The average Bonchev–Trinajstić information content (AvgIpc) is 2.22. The van der Waals surface area contributed by atoms with E-state index in [1.807, 2.05) is 13.8 Å². The van der Waals surface area contributed by atoms with Crippen LogP contribution in [0.25, 0.3) is 0 Å². The second-order valence-electron chi connectivity index (χ2n) is 1.73. The van der Waals surface area contributed by atoms with Gasteiger partial charge in [0.1, 0.15) is 0 Å². The van der Waals surface area contributed by atoms with Crippen molar-refractivity contribution in [3.8, 4) is 0 Å². The summed E-state index contributed by atoms with van der Waals surface area (Å²) in [5.74, 6) is 0. The lowest BCUT2D eigenvalue weighted by molar-refractivity contribution is 0.186. The van der Waals surface area contributed by atoms with Gasteiger partial charge in [0.15, 0.2) is 0 Å². The van der Waals surface area contributed by atoms with Crippen LogP contribution in [0.4, 0.5) is 0 Å². The number of thioether (sulfide) groups is 1. The number of aliphatic hydroxyl groups excluding tert-OH is 2. The van der Waals surface area contributed by atoms with Crippen LogP contribution >= 0.6 is 11.8 Å². The Morgan fingerprint density at radius 3 is 1.07 bits per heavy atom. The molecule has 0 aromatic rings. The van der Waals surface area contributed by atoms with Crippen LogP contribution in [-0.4, -0.2) is 23.4 Å². The van der Waals surface area contributed by atoms with E-state index in [0.717, 1.165) is 0 Å². The first-order valence-electron chi connectivity index (χ1n) is 4.39. The monoisotopic (exact) mass is 232 g/mol. The summed E-state index contributed by atoms with van der Waals surface area (Å²) in [7, 11) is 0. The quantitative estimate of drug-likeness (QED) is 0.733. The van der Waals surface area contributed by atoms with Crippen molar-refractivity contribution in [2.45, 2.75) is 13.8 Å². The molecule has 90 valence electrons. The van der Waals surface area contributed by atoms with Crippen LogP contribution < -0.4 is 0 Å². The van der Waals surface area contributed by atoms with E-state index in [0.29, 0.717) is 0 Å². The lowest BCUT2D eigenvalue weighted by atomic mass is 10.8. The molecule has 2 N–H and O–H groups in total. The largest absolute Gasteiger partial charge is 0.394 e. The van der Waals surface area contributed by atoms with Gasteiger partial charge in [0.25, 0.3) is 0 Å². The molecular weight excluding hydrogens is 208 g/mol. The summed E-state index contributed by atoms with van der Waals surface area (Å²) < 4.78 is 0. The summed E-state index contributed by atoms with van der Waals surface area (Å²) in [5, 5.41) is 18.7. The Morgan fingerprint density at radius 2 is 1.07 bits per heavy atom. The first kappa shape index (κ1) is 23.8. The molecule has 0 atom stereocenters. The number of hydrogen-bond donors (Lipinski definition) is 2. The maximum atomic E-state index is 7.62. The van der Waals surface area contributed by atoms with Crippen LogP contribution in [0.1, 0.15) is 13.8 Å². The second kappa shape index (κ2) is 51.0. The van der Waals surface area contributed by atoms with Crippen molar-refractivity contribution in [3.05, 3.63) is 49.3 Å². The third-order valence-electron chi connectivity index (χ3n) is 0.292. The van der Waals surface area contributed by atoms with E-state index in [4.69, 9.17) is 10.2 Å². The van der Waals surface area contributed by atoms with Crippen LogP contribution in [0.2, 0.25) is 0 Å². The van der Waals surface area contributed by atoms with Gasteiger partial charge in [0.05, 0.1) is 13.2 Å². The Balaban J connectivity index is -0.0000000553. The zero-order valence-electron chi connectivity index (χ0n) is 9.85. The smallest absolute Gasteiger partial charge is 0.0662 e. The molecular formula is C12H24O2S. The highest BCUT2D eigenvalue weighted by Crippen LogP contribution is 1.96. The Labute approximate surface area is 98.7 Å². The van der Waals surface area contributed by atoms with E-state index in [1.54, 1.807) is 23.0 Å². The molecule has 0 aromatic heterocycles. The molecule has 3 heteroatoms. The minimum absolute atomic E-state index is 0.125. The number of hydrogen-bond acceptors (Lipinski definition) is 3. The lowest BCUT2D eigenvalue weighted by Crippen LogP contribution is -1.85. The minimum Gasteiger partial charge on any atom is -0.394 e. The maximum Gasteiger partial charge on any atom is 0.0662 e. The van der Waals surface area contributed by atoms with Gasteiger partial charge in [-0.1, -0.05) is 25.3 Å². The summed E-state index contributed by atoms with van der Waals surface area (Å²) in [6, 6.07) is 0. The van der Waals surface area contributed by atoms with Crippen LogP contribution in [0.5, 0.6) is 0 Å². The van der Waals surface area contributed by atoms with E-state index < -0.39 is 0 Å². The number of allylic oxidation sites excluding steroid dienone is 2. The van der Waals surface area contributed by atoms with E-state index in [2.05, 4.69) is 26.3 Å². The predicted molar refractivity (Wildman–Crippen MR) is 73.9 cm³/mol. The van der Waals surface area contributed by atoms with Crippen LogP contribution in [-0.2, 0) is 0 Å². The molecule has 15 heavy (non-hydrogen) atoms. The maximum absolute atomic E-state index is 7.62. The average molecular weight is 232 g/mol. The molecule has 0 aromatic carbocycles. The van der Waals surface area contributed by atoms with Gasteiger partial charge < -0.3 is 10.2 Å². The normalized spacial score (nSPS) is 5.87. The first-order valence-corrected chi connectivity index (χ1v) is 5.33. The second-order valence-corrected chi connectivity index (χ2v) is 2.67. The van der Waals surface area contributed by atoms with Crippen molar-refractivity contribution in [2.75, 3.05) is 13.2 Å². The summed E-state index contributed by atoms with van der Waals surface area (Å²) in [5.41, 5.74) is 0. The molecule has 0 rings (SSSR count). The van der Waals surface area contributed by atoms with Gasteiger partial charge in [0.2, 0.25) is 0 Å². The Bertz CT molecular complexity index is 109. The van der Waals surface area contributed by atoms with E-state index >= 15 is 0 Å². The van der Waals surface area contributed by atoms with Crippen molar-refractivity contribution in [2.24, 2.45) is 0 Å². The molecule has 0 heterocycles. The van der Waals surface area contributed by atoms with E-state index in [-0.39, 0.29) is 13.2 Å². The van der Waals surface area contributed by atoms with E-state index in [9.17, 15) is 0 Å². The Hall–Kier alpha value is -0.770. The van der Waals surface area contributed by atoms with E-state index in [1.165, 1.54) is 11.8 Å². The summed E-state index contributed by atoms with van der Waals surface area (Å²) in [6.07, 6.45) is 3.50. The predicted octanol–water partition coefficient (Wildman–Crippen LogP) is 3.36. The highest BCUT2D eigenvalue weighted by atomic mass is 32.2. The molecule has 0 saturated heterocycles. The van der Waals surface area contributed by atoms with Gasteiger partial charge in [-0.15, -0.1) is 24.9 Å². The molecule has 2 nitrogen and oxygen atoms in total. The Kier molecular flexibility index (Phi) is 80.9. The van der Waals surface area contributed by atoms with Crippen LogP contribution in [0, 0.1) is 0 Å². The molecule has 0 aliphatic heterocycles. The topological polar surface area (TPSA) is 40.5 Å². The Morgan fingerprint density at radius 1 is 0.867 bits per heavy atom. The van der Waals surface area contributed by atoms with Crippen molar-refractivity contribution in [1.29, 1.82) is 0 Å². The molecule has 0 aliphatic rings. The lowest BCUT2D eigenvalue weighted by Gasteiger charge is -1.70. The van der Waals surface area contributed by atoms with Gasteiger partial charge in [-0.2, -0.15) is 0 Å². The fraction of sp³-hybridized carbons (Fsp3) is 0.333. The van der Waals surface area contributed by atoms with Crippen molar-refractivity contribution in [1.82, 2.24) is 0 Å². The molecule has 0 aliphatic carbocycles. The summed E-state index contributed by atoms with van der Waals surface area (Å²) in [6.45, 7) is 17.1. The van der Waals surface area contributed by atoms with Crippen LogP contribution in [0.3, 0.4) is 0 Å². The summed E-state index contributed by atoms with van der Waals surface area (Å²) in [4.78, 5) is 0. The highest BCUT2D eigenvalue weighted by molar-refractivity contribution is 8.04. The van der Waals surface area contributed by atoms with Gasteiger partial charge in [0, 0.05) is 0 Å². The molecule has 0 fully saturated rings. The van der Waals surface area contributed by atoms with Gasteiger partial charge in [-0.3, -0.25) is 0 Å². The van der Waals surface area contributed by atoms with Crippen LogP contribution in [0.15, 0.2) is 49.3 Å². The molecule has 0 amide bonds. The molecule has 0 spiro atoms. The zero-order chi connectivity index (χ0) is 12.9. The zero-order valence-corrected chi connectivity index (χ0v) is 10.7. The standard InChI is InChI=1S/C4H6S.2C3H6.C2H6O2/c1-3-5-4-2;2*1-3-2;3-1-2-4/h3-4H,1-2H2;2*3H,1H2,2H3;3-4H,1-2H2. The fourth-order valence-electron chi connectivity index (χ4n) is 0.0680. The van der Waals surface area contributed by atoms with Crippen molar-refractivity contribution < 1.29 is 10.2 Å². The number of aliphatic hydroxyl groups is 2. The van der Waals surface area contributed by atoms with Gasteiger partial charge >= 0.3 is 0 Å². The fourth-order valence-corrected chi connectivity index (χ4v) is 0.204. The van der Waals surface area contributed by atoms with Gasteiger partial charge in [-0.05, 0) is 24.7 Å². The third kappa shape index (κ3) is 336. The first-order chi connectivity index (χ1) is 7.16. The van der Waals surface area contributed by atoms with Crippen molar-refractivity contribution >= 4 is 11.8 Å². The third-order valence-corrected chi connectivity index (χ3v) is 0.677. The highest BCUT2D eigenvalue weighted by Gasteiger charge is 1.58. The molecule has 0 saturated carbocycles. The number of rotatable bonds is 3. The summed E-state index contributed by atoms with van der Waals surface area (Å²) >= 11 is 1.49.